The summed E-state index contributed by atoms with van der Waals surface area (Å²) >= 11 is 0. The zero-order valence-electron chi connectivity index (χ0n) is 16.0. The number of nitrogens with zero attached hydrogens (tertiary/aromatic N) is 4. The van der Waals surface area contributed by atoms with Crippen LogP contribution in [0.2, 0.25) is 0 Å². The Morgan fingerprint density at radius 3 is 2.75 bits per heavy atom. The van der Waals surface area contributed by atoms with E-state index in [1.54, 1.807) is 19.1 Å². The number of nitrogens with one attached hydrogen (secondary N) is 1. The van der Waals surface area contributed by atoms with E-state index in [1.807, 2.05) is 13.0 Å². The van der Waals surface area contributed by atoms with Crippen LogP contribution >= 0.6 is 0 Å². The zero-order valence-corrected chi connectivity index (χ0v) is 16.9. The van der Waals surface area contributed by atoms with Gasteiger partial charge in [0.15, 0.2) is 5.82 Å². The van der Waals surface area contributed by atoms with Crippen LogP contribution in [-0.4, -0.2) is 59.1 Å². The van der Waals surface area contributed by atoms with Crippen molar-refractivity contribution in [2.24, 2.45) is 5.92 Å². The number of hydrogen-bond acceptors (Lipinski definition) is 7. The lowest BCUT2D eigenvalue weighted by molar-refractivity contribution is 0.0929. The monoisotopic (exact) mass is 405 g/mol. The molecule has 1 aliphatic carbocycles. The Kier molecular flexibility index (Phi) is 4.50. The van der Waals surface area contributed by atoms with Crippen LogP contribution in [0, 0.1) is 19.8 Å². The van der Waals surface area contributed by atoms with E-state index >= 15 is 0 Å². The van der Waals surface area contributed by atoms with E-state index in [4.69, 9.17) is 4.52 Å². The maximum absolute atomic E-state index is 12.6. The van der Waals surface area contributed by atoms with Crippen LogP contribution < -0.4 is 5.32 Å². The van der Waals surface area contributed by atoms with Crippen molar-refractivity contribution in [1.82, 2.24) is 24.7 Å². The number of hydrogen-bond donors (Lipinski definition) is 1. The molecule has 1 N–H and O–H groups in total. The molecule has 150 valence electrons. The maximum atomic E-state index is 12.6. The van der Waals surface area contributed by atoms with Gasteiger partial charge < -0.3 is 9.84 Å². The van der Waals surface area contributed by atoms with Gasteiger partial charge in [-0.3, -0.25) is 4.79 Å². The summed E-state index contributed by atoms with van der Waals surface area (Å²) in [4.78, 5) is 21.3. The predicted octanol–water partition coefficient (Wildman–Crippen LogP) is 0.803. The average molecular weight is 405 g/mol. The quantitative estimate of drug-likeness (QED) is 0.799. The third-order valence-electron chi connectivity index (χ3n) is 5.72. The molecule has 2 aromatic rings. The number of rotatable bonds is 4. The Labute approximate surface area is 163 Å². The maximum Gasteiger partial charge on any atom is 0.270 e. The highest BCUT2D eigenvalue weighted by Gasteiger charge is 2.59. The van der Waals surface area contributed by atoms with Crippen molar-refractivity contribution in [3.05, 3.63) is 41.3 Å². The minimum absolute atomic E-state index is 0.00200. The largest absolute Gasteiger partial charge is 0.348 e. The lowest BCUT2D eigenvalue weighted by Gasteiger charge is -2.24. The fraction of sp³-hybridized carbons (Fsp3) is 0.556. The Morgan fingerprint density at radius 2 is 2.11 bits per heavy atom. The van der Waals surface area contributed by atoms with Gasteiger partial charge in [-0.2, -0.15) is 4.98 Å². The number of carbonyl (C=O) groups excluding carboxylic acids is 1. The highest BCUT2D eigenvalue weighted by molar-refractivity contribution is 7.88. The Hall–Kier alpha value is -2.33. The molecule has 0 radical (unpaired) electrons. The van der Waals surface area contributed by atoms with Crippen molar-refractivity contribution >= 4 is 15.9 Å². The normalized spacial score (nSPS) is 27.7. The van der Waals surface area contributed by atoms with E-state index in [0.29, 0.717) is 36.8 Å². The van der Waals surface area contributed by atoms with Gasteiger partial charge in [0.2, 0.25) is 15.9 Å². The van der Waals surface area contributed by atoms with Crippen LogP contribution in [0.15, 0.2) is 22.7 Å². The first kappa shape index (κ1) is 19.0. The van der Waals surface area contributed by atoms with Gasteiger partial charge in [0.25, 0.3) is 5.91 Å². The van der Waals surface area contributed by atoms with E-state index < -0.39 is 15.4 Å². The number of fused-ring (bicyclic) bond motifs is 1. The SMILES string of the molecule is Cc1cccc(C(=O)N[C@@H]2C[C@H]3CN(S(C)(=O)=O)C[C@@]3(c3nc(C)no3)C2)n1. The summed E-state index contributed by atoms with van der Waals surface area (Å²) in [5.41, 5.74) is 0.567. The molecule has 3 heterocycles. The summed E-state index contributed by atoms with van der Waals surface area (Å²) < 4.78 is 31.1. The van der Waals surface area contributed by atoms with E-state index in [0.717, 1.165) is 5.69 Å². The molecule has 10 heteroatoms. The summed E-state index contributed by atoms with van der Waals surface area (Å²) in [6, 6.07) is 5.20. The van der Waals surface area contributed by atoms with E-state index in [1.165, 1.54) is 10.6 Å². The number of sulfonamides is 1. The highest BCUT2D eigenvalue weighted by Crippen LogP contribution is 2.50. The molecule has 1 saturated heterocycles. The predicted molar refractivity (Wildman–Crippen MR) is 100 cm³/mol. The lowest BCUT2D eigenvalue weighted by atomic mass is 9.80. The van der Waals surface area contributed by atoms with Crippen LogP contribution in [0.25, 0.3) is 0 Å². The third-order valence-corrected chi connectivity index (χ3v) is 6.94. The fourth-order valence-electron chi connectivity index (χ4n) is 4.45. The Bertz CT molecular complexity index is 1020. The van der Waals surface area contributed by atoms with Gasteiger partial charge in [-0.1, -0.05) is 11.2 Å². The fourth-order valence-corrected chi connectivity index (χ4v) is 5.36. The van der Waals surface area contributed by atoms with E-state index in [-0.39, 0.29) is 24.4 Å². The summed E-state index contributed by atoms with van der Waals surface area (Å²) in [6.45, 7) is 4.24. The van der Waals surface area contributed by atoms with E-state index in [9.17, 15) is 13.2 Å². The first-order valence-electron chi connectivity index (χ1n) is 9.18. The molecule has 1 amide bonds. The summed E-state index contributed by atoms with van der Waals surface area (Å²) in [5.74, 6) is 0.729. The van der Waals surface area contributed by atoms with Gasteiger partial charge in [-0.25, -0.2) is 17.7 Å². The molecular formula is C18H23N5O4S. The topological polar surface area (TPSA) is 118 Å². The third kappa shape index (κ3) is 3.30. The van der Waals surface area contributed by atoms with Crippen LogP contribution in [0.1, 0.15) is 40.7 Å². The minimum Gasteiger partial charge on any atom is -0.348 e. The number of pyridine rings is 1. The molecule has 4 rings (SSSR count). The minimum atomic E-state index is -3.33. The van der Waals surface area contributed by atoms with Crippen LogP contribution in [0.4, 0.5) is 0 Å². The Balaban J connectivity index is 1.58. The van der Waals surface area contributed by atoms with Gasteiger partial charge in [0.1, 0.15) is 5.69 Å². The van der Waals surface area contributed by atoms with Crippen molar-refractivity contribution in [3.63, 3.8) is 0 Å². The van der Waals surface area contributed by atoms with Crippen LogP contribution in [0.5, 0.6) is 0 Å². The molecule has 1 aliphatic heterocycles. The number of aromatic nitrogens is 3. The molecular weight excluding hydrogens is 382 g/mol. The lowest BCUT2D eigenvalue weighted by Crippen LogP contribution is -2.39. The first-order chi connectivity index (χ1) is 13.2. The van der Waals surface area contributed by atoms with E-state index in [2.05, 4.69) is 20.4 Å². The second kappa shape index (κ2) is 6.63. The molecule has 3 atom stereocenters. The van der Waals surface area contributed by atoms with Crippen molar-refractivity contribution in [3.8, 4) is 0 Å². The number of aryl methyl sites for hydroxylation is 2. The van der Waals surface area contributed by atoms with Crippen LogP contribution in [0.3, 0.4) is 0 Å². The average Bonchev–Trinajstić information content (AvgIpc) is 3.26. The van der Waals surface area contributed by atoms with Gasteiger partial charge in [-0.15, -0.1) is 0 Å². The molecule has 0 spiro atoms. The van der Waals surface area contributed by atoms with Crippen LogP contribution in [-0.2, 0) is 15.4 Å². The molecule has 0 aromatic carbocycles. The van der Waals surface area contributed by atoms with Crippen molar-refractivity contribution in [2.75, 3.05) is 19.3 Å². The van der Waals surface area contributed by atoms with Gasteiger partial charge in [-0.05, 0) is 44.7 Å². The van der Waals surface area contributed by atoms with Crippen molar-refractivity contribution < 1.29 is 17.7 Å². The van der Waals surface area contributed by atoms with Gasteiger partial charge in [0.05, 0.1) is 11.7 Å². The van der Waals surface area contributed by atoms with Gasteiger partial charge >= 0.3 is 0 Å². The molecule has 9 nitrogen and oxygen atoms in total. The summed E-state index contributed by atoms with van der Waals surface area (Å²) in [5, 5.41) is 6.94. The molecule has 28 heavy (non-hydrogen) atoms. The smallest absolute Gasteiger partial charge is 0.270 e. The van der Waals surface area contributed by atoms with Gasteiger partial charge in [0, 0.05) is 24.8 Å². The second-order valence-corrected chi connectivity index (χ2v) is 9.81. The highest BCUT2D eigenvalue weighted by atomic mass is 32.2. The summed E-state index contributed by atoms with van der Waals surface area (Å²) in [6.07, 6.45) is 2.40. The molecule has 0 unspecified atom stereocenters. The molecule has 2 aliphatic rings. The van der Waals surface area contributed by atoms with Crippen molar-refractivity contribution in [2.45, 2.75) is 38.1 Å². The number of carbonyl (C=O) groups is 1. The molecule has 0 bridgehead atoms. The standard InChI is InChI=1S/C18H23N5O4S/c1-11-5-4-6-15(19-11)16(24)21-14-7-13-9-23(28(3,25)26)10-18(13,8-14)17-20-12(2)22-27-17/h4-6,13-14H,7-10H2,1-3H3,(H,21,24)/t13-,14+,18-/m0/s1. The molecule has 2 aromatic heterocycles. The first-order valence-corrected chi connectivity index (χ1v) is 11.0. The van der Waals surface area contributed by atoms with Crippen molar-refractivity contribution in [1.29, 1.82) is 0 Å². The Morgan fingerprint density at radius 1 is 1.32 bits per heavy atom. The molecule has 2 fully saturated rings. The zero-order chi connectivity index (χ0) is 20.1. The molecule has 1 saturated carbocycles. The second-order valence-electron chi connectivity index (χ2n) is 7.83. The number of amides is 1. The summed E-state index contributed by atoms with van der Waals surface area (Å²) in [7, 11) is -3.33.